The van der Waals surface area contributed by atoms with Gasteiger partial charge in [-0.25, -0.2) is 0 Å². The second-order valence-electron chi connectivity index (χ2n) is 4.80. The van der Waals surface area contributed by atoms with Crippen LogP contribution in [0, 0.1) is 0 Å². The third kappa shape index (κ3) is 6.02. The number of nitrogens with zero attached hydrogens (tertiary/aromatic N) is 1. The summed E-state index contributed by atoms with van der Waals surface area (Å²) in [5, 5.41) is 2.75. The molecular weight excluding hydrogens is 320 g/mol. The van der Waals surface area contributed by atoms with Gasteiger partial charge in [-0.3, -0.25) is 9.59 Å². The minimum absolute atomic E-state index is 0.0572. The normalized spacial score (nSPS) is 10.8. The first-order valence-corrected chi connectivity index (χ1v) is 7.16. The monoisotopic (exact) mass is 338 g/mol. The molecule has 0 unspecified atom stereocenters. The predicted molar refractivity (Wildman–Crippen MR) is 84.1 cm³/mol. The van der Waals surface area contributed by atoms with Crippen molar-refractivity contribution in [2.75, 3.05) is 13.6 Å². The fourth-order valence-electron chi connectivity index (χ4n) is 1.53. The lowest BCUT2D eigenvalue weighted by Crippen LogP contribution is -2.40. The van der Waals surface area contributed by atoms with Crippen molar-refractivity contribution in [3.63, 3.8) is 0 Å². The number of hydrogen-bond donors (Lipinski definition) is 1. The fourth-order valence-corrected chi connectivity index (χ4v) is 1.79. The number of carbonyl (C=O) groups is 2. The molecular formula is C15H19BrN2O2. The van der Waals surface area contributed by atoms with E-state index in [4.69, 9.17) is 0 Å². The van der Waals surface area contributed by atoms with Crippen LogP contribution in [0.4, 0.5) is 0 Å². The summed E-state index contributed by atoms with van der Waals surface area (Å²) in [5.41, 5.74) is 0.932. The molecule has 0 radical (unpaired) electrons. The molecule has 1 N–H and O–H groups in total. The van der Waals surface area contributed by atoms with Crippen molar-refractivity contribution < 1.29 is 9.59 Å². The van der Waals surface area contributed by atoms with Gasteiger partial charge in [0.25, 0.3) is 0 Å². The summed E-state index contributed by atoms with van der Waals surface area (Å²) >= 11 is 3.35. The van der Waals surface area contributed by atoms with E-state index in [1.165, 1.54) is 11.0 Å². The van der Waals surface area contributed by atoms with E-state index in [2.05, 4.69) is 21.2 Å². The van der Waals surface area contributed by atoms with Gasteiger partial charge in [0, 0.05) is 23.6 Å². The van der Waals surface area contributed by atoms with Crippen LogP contribution in [0.2, 0.25) is 0 Å². The zero-order valence-electron chi connectivity index (χ0n) is 11.9. The lowest BCUT2D eigenvalue weighted by atomic mass is 10.2. The molecule has 0 aliphatic heterocycles. The van der Waals surface area contributed by atoms with Gasteiger partial charge in [-0.2, -0.15) is 0 Å². The van der Waals surface area contributed by atoms with Crippen LogP contribution in [-0.2, 0) is 9.59 Å². The molecule has 1 aromatic rings. The third-order valence-corrected chi connectivity index (χ3v) is 3.02. The summed E-state index contributed by atoms with van der Waals surface area (Å²) in [5.74, 6) is -0.361. The summed E-state index contributed by atoms with van der Waals surface area (Å²) in [6, 6.07) is 7.69. The maximum absolute atomic E-state index is 11.9. The Hall–Kier alpha value is -1.62. The number of likely N-dealkylation sites (N-methyl/N-ethyl adjacent to an activating group) is 1. The Morgan fingerprint density at radius 3 is 2.45 bits per heavy atom. The SMILES string of the molecule is CC(C)NC(=O)CN(C)C(=O)/C=C/c1ccc(Br)cc1. The average Bonchev–Trinajstić information content (AvgIpc) is 2.36. The Bertz CT molecular complexity index is 495. The molecule has 0 saturated heterocycles. The molecule has 0 spiro atoms. The number of rotatable bonds is 5. The maximum atomic E-state index is 11.9. The Labute approximate surface area is 128 Å². The minimum atomic E-state index is -0.202. The highest BCUT2D eigenvalue weighted by molar-refractivity contribution is 9.10. The molecule has 0 bridgehead atoms. The molecule has 0 aliphatic carbocycles. The van der Waals surface area contributed by atoms with E-state index in [0.29, 0.717) is 0 Å². The average molecular weight is 339 g/mol. The number of nitrogens with one attached hydrogen (secondary N) is 1. The Kier molecular flexibility index (Phi) is 6.45. The molecule has 5 heteroatoms. The van der Waals surface area contributed by atoms with Gasteiger partial charge in [0.1, 0.15) is 0 Å². The standard InChI is InChI=1S/C15H19BrN2O2/c1-11(2)17-14(19)10-18(3)15(20)9-6-12-4-7-13(16)8-5-12/h4-9,11H,10H2,1-3H3,(H,17,19)/b9-6+. The minimum Gasteiger partial charge on any atom is -0.352 e. The Morgan fingerprint density at radius 1 is 1.30 bits per heavy atom. The lowest BCUT2D eigenvalue weighted by molar-refractivity contribution is -0.131. The summed E-state index contributed by atoms with van der Waals surface area (Å²) in [6.45, 7) is 3.82. The first-order chi connectivity index (χ1) is 9.38. The van der Waals surface area contributed by atoms with Gasteiger partial charge in [0.2, 0.25) is 11.8 Å². The number of carbonyl (C=O) groups excluding carboxylic acids is 2. The summed E-state index contributed by atoms with van der Waals surface area (Å²) in [7, 11) is 1.61. The third-order valence-electron chi connectivity index (χ3n) is 2.50. The topological polar surface area (TPSA) is 49.4 Å². The molecule has 2 amide bonds. The van der Waals surface area contributed by atoms with Crippen molar-refractivity contribution in [3.05, 3.63) is 40.4 Å². The quantitative estimate of drug-likeness (QED) is 0.838. The molecule has 0 saturated carbocycles. The van der Waals surface area contributed by atoms with Crippen LogP contribution in [0.1, 0.15) is 19.4 Å². The van der Waals surface area contributed by atoms with Gasteiger partial charge in [0.05, 0.1) is 6.54 Å². The van der Waals surface area contributed by atoms with Gasteiger partial charge < -0.3 is 10.2 Å². The molecule has 0 fully saturated rings. The van der Waals surface area contributed by atoms with E-state index in [1.807, 2.05) is 38.1 Å². The fraction of sp³-hybridized carbons (Fsp3) is 0.333. The van der Waals surface area contributed by atoms with Crippen LogP contribution < -0.4 is 5.32 Å². The van der Waals surface area contributed by atoms with Crippen molar-refractivity contribution in [2.45, 2.75) is 19.9 Å². The highest BCUT2D eigenvalue weighted by Gasteiger charge is 2.10. The van der Waals surface area contributed by atoms with Gasteiger partial charge in [-0.15, -0.1) is 0 Å². The zero-order valence-corrected chi connectivity index (χ0v) is 13.5. The smallest absolute Gasteiger partial charge is 0.246 e. The van der Waals surface area contributed by atoms with Crippen LogP contribution in [0.15, 0.2) is 34.8 Å². The van der Waals surface area contributed by atoms with Crippen molar-refractivity contribution in [2.24, 2.45) is 0 Å². The number of amides is 2. The molecule has 1 aromatic carbocycles. The van der Waals surface area contributed by atoms with Crippen LogP contribution in [0.25, 0.3) is 6.08 Å². The number of halogens is 1. The second kappa shape index (κ2) is 7.85. The van der Waals surface area contributed by atoms with E-state index in [-0.39, 0.29) is 24.4 Å². The van der Waals surface area contributed by atoms with Gasteiger partial charge in [-0.1, -0.05) is 28.1 Å². The molecule has 1 rings (SSSR count). The maximum Gasteiger partial charge on any atom is 0.246 e. The largest absolute Gasteiger partial charge is 0.352 e. The molecule has 0 atom stereocenters. The molecule has 4 nitrogen and oxygen atoms in total. The molecule has 0 aromatic heterocycles. The van der Waals surface area contributed by atoms with Gasteiger partial charge in [0.15, 0.2) is 0 Å². The van der Waals surface area contributed by atoms with Gasteiger partial charge >= 0.3 is 0 Å². The zero-order chi connectivity index (χ0) is 15.1. The second-order valence-corrected chi connectivity index (χ2v) is 5.72. The van der Waals surface area contributed by atoms with Crippen LogP contribution in [0.5, 0.6) is 0 Å². The van der Waals surface area contributed by atoms with Crippen molar-refractivity contribution >= 4 is 33.8 Å². The highest BCUT2D eigenvalue weighted by Crippen LogP contribution is 2.11. The molecule has 20 heavy (non-hydrogen) atoms. The first kappa shape index (κ1) is 16.4. The molecule has 0 heterocycles. The van der Waals surface area contributed by atoms with E-state index in [9.17, 15) is 9.59 Å². The van der Waals surface area contributed by atoms with Gasteiger partial charge in [-0.05, 0) is 37.6 Å². The van der Waals surface area contributed by atoms with Crippen molar-refractivity contribution in [1.29, 1.82) is 0 Å². The van der Waals surface area contributed by atoms with Crippen LogP contribution in [0.3, 0.4) is 0 Å². The molecule has 108 valence electrons. The van der Waals surface area contributed by atoms with Crippen molar-refractivity contribution in [3.8, 4) is 0 Å². The Balaban J connectivity index is 2.53. The van der Waals surface area contributed by atoms with Crippen LogP contribution in [-0.4, -0.2) is 36.3 Å². The lowest BCUT2D eigenvalue weighted by Gasteiger charge is -2.16. The number of benzene rings is 1. The number of hydrogen-bond acceptors (Lipinski definition) is 2. The molecule has 0 aliphatic rings. The Morgan fingerprint density at radius 2 is 1.90 bits per heavy atom. The van der Waals surface area contributed by atoms with Crippen molar-refractivity contribution in [1.82, 2.24) is 10.2 Å². The summed E-state index contributed by atoms with van der Waals surface area (Å²) in [6.07, 6.45) is 3.19. The van der Waals surface area contributed by atoms with E-state index < -0.39 is 0 Å². The van der Waals surface area contributed by atoms with E-state index >= 15 is 0 Å². The van der Waals surface area contributed by atoms with E-state index in [1.54, 1.807) is 13.1 Å². The van der Waals surface area contributed by atoms with E-state index in [0.717, 1.165) is 10.0 Å². The summed E-state index contributed by atoms with van der Waals surface area (Å²) in [4.78, 5) is 24.8. The van der Waals surface area contributed by atoms with Crippen LogP contribution >= 0.6 is 15.9 Å². The highest BCUT2D eigenvalue weighted by atomic mass is 79.9. The first-order valence-electron chi connectivity index (χ1n) is 6.36. The predicted octanol–water partition coefficient (Wildman–Crippen LogP) is 2.45. The summed E-state index contributed by atoms with van der Waals surface area (Å²) < 4.78 is 0.989.